The van der Waals surface area contributed by atoms with Gasteiger partial charge in [0, 0.05) is 0 Å². The van der Waals surface area contributed by atoms with Crippen LogP contribution < -0.4 is 0 Å². The summed E-state index contributed by atoms with van der Waals surface area (Å²) in [6, 6.07) is 0. The first-order valence-corrected chi connectivity index (χ1v) is 4.91. The molecule has 0 aliphatic rings. The summed E-state index contributed by atoms with van der Waals surface area (Å²) in [5.74, 6) is 0. The molecule has 0 aromatic rings. The third kappa shape index (κ3) is 202. The fourth-order valence-electron chi connectivity index (χ4n) is 0. The summed E-state index contributed by atoms with van der Waals surface area (Å²) in [6.07, 6.45) is 0. The van der Waals surface area contributed by atoms with Crippen LogP contribution in [0.1, 0.15) is 0 Å². The molecule has 0 fully saturated rings. The van der Waals surface area contributed by atoms with Crippen LogP contribution in [0.2, 0.25) is 0 Å². The van der Waals surface area contributed by atoms with E-state index in [4.69, 9.17) is 24.7 Å². The fourth-order valence-corrected chi connectivity index (χ4v) is 0. The van der Waals surface area contributed by atoms with E-state index in [2.05, 4.69) is 0 Å². The monoisotopic (exact) mass is 286 g/mol. The Bertz CT molecular complexity index is 172. The predicted molar refractivity (Wildman–Crippen MR) is 9.47 cm³/mol. The molecule has 0 unspecified atom stereocenters. The molecule has 0 aliphatic carbocycles. The average Bonchev–Trinajstić information content (AvgIpc) is 1.36. The molecule has 0 rings (SSSR count). The van der Waals surface area contributed by atoms with Gasteiger partial charge in [0.2, 0.25) is 0 Å². The Morgan fingerprint density at radius 3 is 0.857 bits per heavy atom. The van der Waals surface area contributed by atoms with Crippen molar-refractivity contribution in [1.82, 2.24) is 0 Å². The van der Waals surface area contributed by atoms with Crippen LogP contribution in [0, 0.1) is 4.91 Å². The van der Waals surface area contributed by atoms with Gasteiger partial charge in [0.15, 0.2) is 0 Å². The number of nitroso groups, excluding NO2 is 1. The van der Waals surface area contributed by atoms with E-state index in [-0.39, 0.29) is 0 Å². The van der Waals surface area contributed by atoms with Gasteiger partial charge in [-0.15, -0.1) is 0 Å². The quantitative estimate of drug-likeness (QED) is 0.614. The second kappa shape index (κ2) is 3.62. The first-order chi connectivity index (χ1) is 3.00. The Hall–Kier alpha value is -0.564. The summed E-state index contributed by atoms with van der Waals surface area (Å²) in [4.78, 5) is 7.25. The molecule has 0 spiro atoms. The van der Waals surface area contributed by atoms with Crippen LogP contribution in [-0.4, -0.2) is 0 Å². The summed E-state index contributed by atoms with van der Waals surface area (Å²) >= 11 is -6.06. The van der Waals surface area contributed by atoms with Crippen LogP contribution in [0.5, 0.6) is 0 Å². The van der Waals surface area contributed by atoms with E-state index in [1.165, 1.54) is 0 Å². The molecule has 0 bridgehead atoms. The maximum absolute atomic E-state index is 8.63. The molecule has 0 aromatic carbocycles. The summed E-state index contributed by atoms with van der Waals surface area (Å²) in [5, 5.41) is 0. The zero-order chi connectivity index (χ0) is 6.50. The summed E-state index contributed by atoms with van der Waals surface area (Å²) < 4.78 is 34.5. The summed E-state index contributed by atoms with van der Waals surface area (Å²) in [6.45, 7) is 0. The molecule has 0 heterocycles. The zero-order valence-electron chi connectivity index (χ0n) is 2.84. The van der Waals surface area contributed by atoms with Gasteiger partial charge in [-0.2, -0.15) is 0 Å². The molecule has 0 amide bonds. The molecule has 0 radical (unpaired) electrons. The van der Waals surface area contributed by atoms with Crippen LogP contribution in [0.25, 0.3) is 5.59 Å². The number of nitrogens with zero attached hydrogens (tertiary/aromatic N) is 1. The van der Waals surface area contributed by atoms with Gasteiger partial charge in [-0.1, -0.05) is 0 Å². The normalized spacial score (nSPS) is 8.57. The minimum atomic E-state index is -6.06. The van der Waals surface area contributed by atoms with E-state index in [1.54, 1.807) is 0 Å². The summed E-state index contributed by atoms with van der Waals surface area (Å²) in [7, 11) is 0. The molecule has 0 N–H and O–H groups in total. The fraction of sp³-hybridized carbons (Fsp3) is 0. The van der Waals surface area contributed by atoms with E-state index >= 15 is 0 Å². The van der Waals surface area contributed by atoms with Crippen molar-refractivity contribution in [3.8, 4) is 0 Å². The molecule has 0 saturated heterocycles. The predicted octanol–water partition coefficient (Wildman–Crippen LogP) is -0.155. The van der Waals surface area contributed by atoms with Crippen molar-refractivity contribution < 1.29 is 29.0 Å². The zero-order valence-corrected chi connectivity index (χ0v) is 5.38. The van der Waals surface area contributed by atoms with Gasteiger partial charge in [0.05, 0.1) is 0 Å². The van der Waals surface area contributed by atoms with Gasteiger partial charge in [-0.3, -0.25) is 0 Å². The Labute approximate surface area is 40.3 Å². The van der Waals surface area contributed by atoms with E-state index in [0.29, 0.717) is 0 Å². The van der Waals surface area contributed by atoms with Crippen molar-refractivity contribution in [2.75, 3.05) is 0 Å². The van der Waals surface area contributed by atoms with Gasteiger partial charge >= 0.3 is 29.0 Å². The number of hydrogen-bond acceptors (Lipinski definition) is 5. The number of rotatable bonds is 0. The Morgan fingerprint density at radius 1 is 0.857 bits per heavy atom. The van der Waals surface area contributed by atoms with Crippen molar-refractivity contribution in [2.24, 2.45) is 0 Å². The van der Waals surface area contributed by atoms with Gasteiger partial charge in [0.1, 0.15) is 0 Å². The molecular formula is NO5Os-. The molecule has 0 aromatic heterocycles. The average molecular weight is 284 g/mol. The summed E-state index contributed by atoms with van der Waals surface area (Å²) in [5.41, 5.74) is 5.75. The van der Waals surface area contributed by atoms with Crippen LogP contribution in [-0.2, 0) is 29.0 Å². The third-order valence-electron chi connectivity index (χ3n) is 0. The Kier molecular flexibility index (Phi) is 5.00. The molecule has 7 heavy (non-hydrogen) atoms. The SMILES string of the molecule is [N-]=O.[O]=[Os](=[O])(=[O])=[O]. The van der Waals surface area contributed by atoms with Crippen molar-refractivity contribution in [3.63, 3.8) is 0 Å². The van der Waals surface area contributed by atoms with Crippen LogP contribution in [0.4, 0.5) is 0 Å². The Balaban J connectivity index is 0. The second-order valence-electron chi connectivity index (χ2n) is 0.354. The molecule has 44 valence electrons. The molecule has 7 heteroatoms. The first kappa shape index (κ1) is 9.67. The molecule has 0 atom stereocenters. The van der Waals surface area contributed by atoms with Gasteiger partial charge in [-0.25, -0.2) is 0 Å². The van der Waals surface area contributed by atoms with Crippen LogP contribution >= 0.6 is 0 Å². The van der Waals surface area contributed by atoms with Crippen molar-refractivity contribution in [2.45, 2.75) is 0 Å². The van der Waals surface area contributed by atoms with E-state index < -0.39 is 14.8 Å². The first-order valence-electron chi connectivity index (χ1n) is 0.760. The van der Waals surface area contributed by atoms with E-state index in [0.717, 1.165) is 0 Å². The number of hydrogen-bond donors (Lipinski definition) is 0. The van der Waals surface area contributed by atoms with Crippen LogP contribution in [0.15, 0.2) is 0 Å². The van der Waals surface area contributed by atoms with Gasteiger partial charge in [-0.05, 0) is 0 Å². The van der Waals surface area contributed by atoms with E-state index in [9.17, 15) is 0 Å². The van der Waals surface area contributed by atoms with Gasteiger partial charge < -0.3 is 10.5 Å². The third-order valence-corrected chi connectivity index (χ3v) is 0. The molecule has 0 saturated carbocycles. The van der Waals surface area contributed by atoms with Crippen molar-refractivity contribution in [3.05, 3.63) is 10.5 Å². The van der Waals surface area contributed by atoms with Crippen molar-refractivity contribution >= 4 is 0 Å². The topological polar surface area (TPSA) is 108 Å². The van der Waals surface area contributed by atoms with Crippen LogP contribution in [0.3, 0.4) is 0 Å². The van der Waals surface area contributed by atoms with Crippen molar-refractivity contribution in [1.29, 1.82) is 0 Å². The maximum atomic E-state index is 8.63. The van der Waals surface area contributed by atoms with E-state index in [1.807, 2.05) is 0 Å². The standard InChI is InChI=1S/NO.4O.Os/c1-2;;;;;/q-1;;;;;. The molecular weight excluding hydrogens is 284 g/mol. The minimum absolute atomic E-state index is 5.75. The second-order valence-corrected chi connectivity index (χ2v) is 2.89. The van der Waals surface area contributed by atoms with Gasteiger partial charge in [0.25, 0.3) is 0 Å². The Morgan fingerprint density at radius 2 is 0.857 bits per heavy atom. The molecule has 0 aliphatic heterocycles. The molecule has 6 nitrogen and oxygen atoms in total.